The maximum atomic E-state index is 8.46. The van der Waals surface area contributed by atoms with Gasteiger partial charge in [-0.25, -0.2) is 9.97 Å². The molecular weight excluding hydrogens is 128 g/mol. The largest absolute Gasteiger partial charge is 0.325 e. The normalized spacial score (nSPS) is 8.80. The number of aromatic nitrogens is 2. The van der Waals surface area contributed by atoms with Crippen molar-refractivity contribution in [2.24, 2.45) is 5.73 Å². The first-order valence-corrected chi connectivity index (χ1v) is 2.77. The molecule has 0 aliphatic rings. The van der Waals surface area contributed by atoms with Crippen molar-refractivity contribution in [3.05, 3.63) is 23.8 Å². The van der Waals surface area contributed by atoms with Gasteiger partial charge in [0.05, 0.1) is 11.3 Å². The second kappa shape index (κ2) is 2.90. The first-order chi connectivity index (χ1) is 4.88. The zero-order valence-corrected chi connectivity index (χ0v) is 5.28. The van der Waals surface area contributed by atoms with Gasteiger partial charge in [0, 0.05) is 12.7 Å². The number of hydrogen-bond donors (Lipinski definition) is 1. The second-order valence-electron chi connectivity index (χ2n) is 1.70. The fraction of sp³-hybridized carbons (Fsp3) is 0.167. The van der Waals surface area contributed by atoms with Crippen LogP contribution in [-0.2, 0) is 6.54 Å². The third kappa shape index (κ3) is 1.09. The van der Waals surface area contributed by atoms with E-state index in [1.807, 2.05) is 6.07 Å². The molecule has 0 fully saturated rings. The van der Waals surface area contributed by atoms with Crippen LogP contribution in [0.4, 0.5) is 0 Å². The summed E-state index contributed by atoms with van der Waals surface area (Å²) >= 11 is 0. The Hall–Kier alpha value is -1.47. The van der Waals surface area contributed by atoms with Crippen molar-refractivity contribution in [1.82, 2.24) is 9.97 Å². The number of nitriles is 1. The molecule has 0 aliphatic heterocycles. The predicted molar refractivity (Wildman–Crippen MR) is 34.6 cm³/mol. The highest BCUT2D eigenvalue weighted by atomic mass is 14.8. The van der Waals surface area contributed by atoms with E-state index in [1.54, 1.807) is 0 Å². The van der Waals surface area contributed by atoms with Crippen LogP contribution >= 0.6 is 0 Å². The summed E-state index contributed by atoms with van der Waals surface area (Å²) in [4.78, 5) is 7.48. The van der Waals surface area contributed by atoms with Gasteiger partial charge in [0.25, 0.3) is 0 Å². The van der Waals surface area contributed by atoms with E-state index in [2.05, 4.69) is 9.97 Å². The van der Waals surface area contributed by atoms with Crippen LogP contribution in [-0.4, -0.2) is 9.97 Å². The molecule has 0 aromatic carbocycles. The van der Waals surface area contributed by atoms with Crippen molar-refractivity contribution in [3.8, 4) is 6.07 Å². The molecule has 0 spiro atoms. The maximum absolute atomic E-state index is 8.46. The standard InChI is InChI=1S/C6H6N4/c7-1-5-3-9-4-10-6(5)2-8/h3-4H,2,8H2. The molecule has 0 saturated carbocycles. The van der Waals surface area contributed by atoms with E-state index < -0.39 is 0 Å². The molecule has 1 heterocycles. The van der Waals surface area contributed by atoms with E-state index in [0.717, 1.165) is 0 Å². The Morgan fingerprint density at radius 1 is 1.70 bits per heavy atom. The lowest BCUT2D eigenvalue weighted by Crippen LogP contribution is -2.02. The van der Waals surface area contributed by atoms with Crippen LogP contribution in [0.1, 0.15) is 11.3 Å². The number of rotatable bonds is 1. The summed E-state index contributed by atoms with van der Waals surface area (Å²) in [5.74, 6) is 0. The van der Waals surface area contributed by atoms with E-state index in [9.17, 15) is 0 Å². The third-order valence-corrected chi connectivity index (χ3v) is 1.11. The second-order valence-corrected chi connectivity index (χ2v) is 1.70. The molecule has 1 aromatic heterocycles. The average molecular weight is 134 g/mol. The van der Waals surface area contributed by atoms with Crippen LogP contribution in [0.5, 0.6) is 0 Å². The van der Waals surface area contributed by atoms with Crippen molar-refractivity contribution >= 4 is 0 Å². The Kier molecular flexibility index (Phi) is 1.92. The van der Waals surface area contributed by atoms with Gasteiger partial charge in [-0.1, -0.05) is 0 Å². The number of hydrogen-bond acceptors (Lipinski definition) is 4. The Bertz CT molecular complexity index is 263. The zero-order valence-electron chi connectivity index (χ0n) is 5.28. The smallest absolute Gasteiger partial charge is 0.115 e. The summed E-state index contributed by atoms with van der Waals surface area (Å²) < 4.78 is 0. The number of nitrogens with zero attached hydrogens (tertiary/aromatic N) is 3. The molecule has 2 N–H and O–H groups in total. The van der Waals surface area contributed by atoms with E-state index >= 15 is 0 Å². The van der Waals surface area contributed by atoms with Crippen molar-refractivity contribution in [2.75, 3.05) is 0 Å². The van der Waals surface area contributed by atoms with Gasteiger partial charge in [-0.2, -0.15) is 5.26 Å². The fourth-order valence-electron chi connectivity index (χ4n) is 0.611. The molecule has 10 heavy (non-hydrogen) atoms. The van der Waals surface area contributed by atoms with Crippen LogP contribution in [0.2, 0.25) is 0 Å². The highest BCUT2D eigenvalue weighted by Gasteiger charge is 1.97. The molecule has 0 aliphatic carbocycles. The number of nitrogens with two attached hydrogens (primary N) is 1. The molecule has 1 rings (SSSR count). The van der Waals surface area contributed by atoms with E-state index in [-0.39, 0.29) is 6.54 Å². The average Bonchev–Trinajstić information content (AvgIpc) is 2.04. The Morgan fingerprint density at radius 2 is 2.50 bits per heavy atom. The lowest BCUT2D eigenvalue weighted by Gasteiger charge is -1.94. The summed E-state index contributed by atoms with van der Waals surface area (Å²) in [6.45, 7) is 0.283. The van der Waals surface area contributed by atoms with Gasteiger partial charge in [-0.3, -0.25) is 0 Å². The lowest BCUT2D eigenvalue weighted by molar-refractivity contribution is 0.954. The summed E-state index contributed by atoms with van der Waals surface area (Å²) in [7, 11) is 0. The molecule has 4 heteroatoms. The van der Waals surface area contributed by atoms with Gasteiger partial charge in [0.15, 0.2) is 0 Å². The van der Waals surface area contributed by atoms with Crippen molar-refractivity contribution < 1.29 is 0 Å². The van der Waals surface area contributed by atoms with Gasteiger partial charge in [-0.05, 0) is 0 Å². The minimum Gasteiger partial charge on any atom is -0.325 e. The highest BCUT2D eigenvalue weighted by molar-refractivity contribution is 5.29. The summed E-state index contributed by atoms with van der Waals surface area (Å²) in [6, 6.07) is 1.94. The molecule has 1 aromatic rings. The van der Waals surface area contributed by atoms with Gasteiger partial charge in [-0.15, -0.1) is 0 Å². The molecule has 0 saturated heterocycles. The lowest BCUT2D eigenvalue weighted by atomic mass is 10.2. The van der Waals surface area contributed by atoms with Gasteiger partial charge in [0.1, 0.15) is 12.4 Å². The van der Waals surface area contributed by atoms with Gasteiger partial charge < -0.3 is 5.73 Å². The summed E-state index contributed by atoms with van der Waals surface area (Å²) in [6.07, 6.45) is 2.83. The summed E-state index contributed by atoms with van der Waals surface area (Å²) in [5.41, 5.74) is 6.33. The molecule has 0 bridgehead atoms. The quantitative estimate of drug-likeness (QED) is 0.577. The SMILES string of the molecule is N#Cc1cncnc1CN. The molecule has 0 atom stereocenters. The minimum atomic E-state index is 0.283. The first-order valence-electron chi connectivity index (χ1n) is 2.77. The monoisotopic (exact) mass is 134 g/mol. The Morgan fingerprint density at radius 3 is 3.00 bits per heavy atom. The molecule has 50 valence electrons. The molecule has 0 unspecified atom stereocenters. The van der Waals surface area contributed by atoms with Crippen LogP contribution in [0.25, 0.3) is 0 Å². The van der Waals surface area contributed by atoms with Gasteiger partial charge in [0.2, 0.25) is 0 Å². The van der Waals surface area contributed by atoms with Crippen LogP contribution in [0, 0.1) is 11.3 Å². The fourth-order valence-corrected chi connectivity index (χ4v) is 0.611. The van der Waals surface area contributed by atoms with E-state index in [0.29, 0.717) is 11.3 Å². The first kappa shape index (κ1) is 6.65. The molecule has 0 amide bonds. The molecule has 0 radical (unpaired) electrons. The summed E-state index contributed by atoms with van der Waals surface area (Å²) in [5, 5.41) is 8.46. The van der Waals surface area contributed by atoms with Crippen LogP contribution in [0.15, 0.2) is 12.5 Å². The minimum absolute atomic E-state index is 0.283. The zero-order chi connectivity index (χ0) is 7.40. The third-order valence-electron chi connectivity index (χ3n) is 1.11. The maximum Gasteiger partial charge on any atom is 0.115 e. The highest BCUT2D eigenvalue weighted by Crippen LogP contribution is 1.98. The van der Waals surface area contributed by atoms with Crippen LogP contribution < -0.4 is 5.73 Å². The van der Waals surface area contributed by atoms with Crippen molar-refractivity contribution in [2.45, 2.75) is 6.54 Å². The Labute approximate surface area is 58.3 Å². The molecule has 4 nitrogen and oxygen atoms in total. The van der Waals surface area contributed by atoms with E-state index in [4.69, 9.17) is 11.0 Å². The Balaban J connectivity index is 3.12. The van der Waals surface area contributed by atoms with E-state index in [1.165, 1.54) is 12.5 Å². The topological polar surface area (TPSA) is 75.6 Å². The van der Waals surface area contributed by atoms with Gasteiger partial charge >= 0.3 is 0 Å². The predicted octanol–water partition coefficient (Wildman–Crippen LogP) is -0.193. The van der Waals surface area contributed by atoms with Crippen LogP contribution in [0.3, 0.4) is 0 Å². The molecular formula is C6H6N4. The van der Waals surface area contributed by atoms with Crippen molar-refractivity contribution in [3.63, 3.8) is 0 Å². The van der Waals surface area contributed by atoms with Crippen molar-refractivity contribution in [1.29, 1.82) is 5.26 Å².